The van der Waals surface area contributed by atoms with Gasteiger partial charge in [-0.1, -0.05) is 159 Å². The highest BCUT2D eigenvalue weighted by atomic mass is 28.4. The van der Waals surface area contributed by atoms with Gasteiger partial charge in [0.15, 0.2) is 14.4 Å². The largest absolute Gasteiger partial charge is 0.457 e. The molecule has 16 nitrogen and oxygen atoms in total. The van der Waals surface area contributed by atoms with E-state index in [-0.39, 0.29) is 50.8 Å². The molecule has 3 heterocycles. The van der Waals surface area contributed by atoms with Crippen LogP contribution >= 0.6 is 0 Å². The fraction of sp³-hybridized carbons (Fsp3) is 0.411. The molecule has 0 unspecified atom stereocenters. The van der Waals surface area contributed by atoms with Crippen molar-refractivity contribution in [2.24, 2.45) is 5.11 Å². The molecular formula is C56H64N4O12Si. The molecule has 2 amide bonds. The van der Waals surface area contributed by atoms with Gasteiger partial charge < -0.3 is 42.7 Å². The van der Waals surface area contributed by atoms with E-state index in [1.807, 2.05) is 155 Å². The fourth-order valence-electron chi connectivity index (χ4n) is 9.42. The van der Waals surface area contributed by atoms with E-state index >= 15 is 9.59 Å². The molecule has 3 aliphatic rings. The van der Waals surface area contributed by atoms with Gasteiger partial charge in [0.05, 0.1) is 56.8 Å². The van der Waals surface area contributed by atoms with Gasteiger partial charge in [-0.15, -0.1) is 0 Å². The number of imide groups is 1. The van der Waals surface area contributed by atoms with E-state index in [2.05, 4.69) is 10.0 Å². The zero-order valence-corrected chi connectivity index (χ0v) is 43.0. The zero-order chi connectivity index (χ0) is 51.8. The Bertz CT molecular complexity index is 2660. The van der Waals surface area contributed by atoms with Crippen LogP contribution in [0.1, 0.15) is 70.7 Å². The van der Waals surface area contributed by atoms with Crippen LogP contribution in [0, 0.1) is 0 Å². The number of benzene rings is 5. The summed E-state index contributed by atoms with van der Waals surface area (Å²) in [5.41, 5.74) is 14.1. The molecule has 10 atom stereocenters. The molecule has 5 aromatic carbocycles. The molecule has 73 heavy (non-hydrogen) atoms. The van der Waals surface area contributed by atoms with Crippen molar-refractivity contribution in [2.75, 3.05) is 13.2 Å². The molecule has 0 aliphatic carbocycles. The molecule has 0 bridgehead atoms. The maximum Gasteiger partial charge on any atom is 0.303 e. The number of carbonyl (C=O) groups excluding carboxylic acids is 3. The Labute approximate surface area is 427 Å². The Morgan fingerprint density at radius 3 is 1.58 bits per heavy atom. The lowest BCUT2D eigenvalue weighted by Gasteiger charge is -2.61. The number of rotatable bonds is 20. The first-order valence-electron chi connectivity index (χ1n) is 24.6. The summed E-state index contributed by atoms with van der Waals surface area (Å²) in [6, 6.07) is 40.8. The van der Waals surface area contributed by atoms with Gasteiger partial charge in [0, 0.05) is 11.8 Å². The van der Waals surface area contributed by atoms with E-state index in [1.165, 1.54) is 6.92 Å². The van der Waals surface area contributed by atoms with Gasteiger partial charge >= 0.3 is 5.97 Å². The predicted molar refractivity (Wildman–Crippen MR) is 272 cm³/mol. The van der Waals surface area contributed by atoms with Crippen LogP contribution in [0.4, 0.5) is 0 Å². The lowest BCUT2D eigenvalue weighted by molar-refractivity contribution is -0.379. The van der Waals surface area contributed by atoms with Gasteiger partial charge in [0.25, 0.3) is 11.8 Å². The zero-order valence-electron chi connectivity index (χ0n) is 42.0. The van der Waals surface area contributed by atoms with E-state index in [4.69, 9.17) is 37.6 Å². The minimum Gasteiger partial charge on any atom is -0.457 e. The predicted octanol–water partition coefficient (Wildman–Crippen LogP) is 9.11. The minimum absolute atomic E-state index is 0.0404. The van der Waals surface area contributed by atoms with Crippen molar-refractivity contribution in [3.63, 3.8) is 0 Å². The van der Waals surface area contributed by atoms with Crippen LogP contribution in [0.5, 0.6) is 0 Å². The number of hydrogen-bond donors (Lipinski definition) is 1. The number of amides is 2. The summed E-state index contributed by atoms with van der Waals surface area (Å²) in [6.45, 7) is 10.9. The lowest BCUT2D eigenvalue weighted by atomic mass is 9.79. The van der Waals surface area contributed by atoms with Crippen molar-refractivity contribution in [1.82, 2.24) is 4.90 Å². The summed E-state index contributed by atoms with van der Waals surface area (Å²) in [4.78, 5) is 48.1. The first-order valence-corrected chi connectivity index (χ1v) is 27.5. The molecule has 1 N–H and O–H groups in total. The number of fused-ring (bicyclic) bond motifs is 1. The van der Waals surface area contributed by atoms with Crippen LogP contribution in [0.15, 0.2) is 151 Å². The summed E-state index contributed by atoms with van der Waals surface area (Å²) in [6.07, 6.45) is -9.78. The van der Waals surface area contributed by atoms with Gasteiger partial charge in [-0.2, -0.15) is 0 Å². The number of aliphatic hydroxyl groups excluding tert-OH is 1. The second-order valence-corrected chi connectivity index (χ2v) is 24.8. The third kappa shape index (κ3) is 12.0. The van der Waals surface area contributed by atoms with Crippen LogP contribution in [-0.2, 0) is 68.8 Å². The van der Waals surface area contributed by atoms with Crippen molar-refractivity contribution in [1.29, 1.82) is 0 Å². The van der Waals surface area contributed by atoms with Gasteiger partial charge in [-0.3, -0.25) is 19.3 Å². The van der Waals surface area contributed by atoms with Gasteiger partial charge in [-0.25, -0.2) is 0 Å². The van der Waals surface area contributed by atoms with Crippen LogP contribution < -0.4 is 0 Å². The van der Waals surface area contributed by atoms with Crippen LogP contribution in [0.3, 0.4) is 0 Å². The molecule has 2 saturated heterocycles. The Morgan fingerprint density at radius 1 is 0.685 bits per heavy atom. The molecule has 8 rings (SSSR count). The average molecular weight is 1010 g/mol. The number of aliphatic hydroxyl groups is 1. The number of carbonyl (C=O) groups is 3. The summed E-state index contributed by atoms with van der Waals surface area (Å²) >= 11 is 0. The smallest absolute Gasteiger partial charge is 0.303 e. The van der Waals surface area contributed by atoms with E-state index in [9.17, 15) is 15.4 Å². The number of nitrogens with zero attached hydrogens (tertiary/aromatic N) is 4. The summed E-state index contributed by atoms with van der Waals surface area (Å²) in [7, 11) is -3.32. The van der Waals surface area contributed by atoms with E-state index < -0.39 is 91.7 Å². The third-order valence-corrected chi connectivity index (χ3v) is 18.4. The first-order chi connectivity index (χ1) is 35.1. The Hall–Kier alpha value is -6.08. The summed E-state index contributed by atoms with van der Waals surface area (Å²) in [5.74, 6) is -4.47. The van der Waals surface area contributed by atoms with Crippen LogP contribution in [0.25, 0.3) is 10.4 Å². The maximum absolute atomic E-state index is 15.2. The number of azide groups is 1. The number of hydrogen-bond acceptors (Lipinski definition) is 13. The monoisotopic (exact) mass is 1010 g/mol. The molecule has 17 heteroatoms. The molecule has 0 aromatic heterocycles. The van der Waals surface area contributed by atoms with Crippen LogP contribution in [-0.4, -0.2) is 110 Å². The highest BCUT2D eigenvalue weighted by molar-refractivity contribution is 6.74. The molecular weight excluding hydrogens is 949 g/mol. The van der Waals surface area contributed by atoms with E-state index in [1.54, 1.807) is 24.3 Å². The molecule has 384 valence electrons. The third-order valence-electron chi connectivity index (χ3n) is 14.0. The Kier molecular flexibility index (Phi) is 17.1. The molecule has 2 fully saturated rings. The average Bonchev–Trinajstić information content (AvgIpc) is 3.63. The fourth-order valence-corrected chi connectivity index (χ4v) is 10.8. The normalized spacial score (nSPS) is 26.2. The van der Waals surface area contributed by atoms with Crippen molar-refractivity contribution in [2.45, 2.75) is 133 Å². The second-order valence-electron chi connectivity index (χ2n) is 20.1. The first kappa shape index (κ1) is 53.2. The summed E-state index contributed by atoms with van der Waals surface area (Å²) < 4.78 is 55.1. The second kappa shape index (κ2) is 23.4. The molecule has 0 radical (unpaired) electrons. The number of esters is 1. The Balaban J connectivity index is 1.36. The van der Waals surface area contributed by atoms with E-state index in [0.717, 1.165) is 27.2 Å². The topological polar surface area (TPSA) is 197 Å². The SMILES string of the molecule is CC(=O)O[C@H]1[C@H](OCc2ccccc2)[C@@H](N=[N+]=[N-])[C@H]([C@@]2(O[Si](C)(C)C(C)(C)C)O[C@H](COCc3ccccc3)[C@@H](O)[C@H](OCc3ccccc3)[C@H]2N2C(=O)c3ccccc3C2=O)O[C@@H]1COCc1ccccc1. The molecule has 5 aromatic rings. The standard InChI is InChI=1S/C56H64N4O12Si/c1-37(61)69-48-45(36-66-32-39-23-13-8-14-24-39)70-52(46(58-59-57)49(48)67-33-40-25-15-9-16-26-40)56(72-73(5,6)55(2,3)4)51(60-53(63)42-29-19-20-30-43(42)54(60)64)50(68-34-41-27-17-10-18-28-41)47(62)44(71-56)35-65-31-38-21-11-7-12-22-38/h7-30,44-52,62H,31-36H2,1-6H3/t44-,45-,46-,47-,48-,49-,50+,51-,52-,56-/m1/s1. The highest BCUT2D eigenvalue weighted by Gasteiger charge is 2.70. The van der Waals surface area contributed by atoms with Crippen molar-refractivity contribution in [3.05, 3.63) is 189 Å². The number of ether oxygens (including phenoxy) is 7. The highest BCUT2D eigenvalue weighted by Crippen LogP contribution is 2.51. The van der Waals surface area contributed by atoms with Crippen molar-refractivity contribution < 1.29 is 57.1 Å². The van der Waals surface area contributed by atoms with Crippen LogP contribution in [0.2, 0.25) is 18.1 Å². The van der Waals surface area contributed by atoms with Gasteiger partial charge in [0.1, 0.15) is 42.7 Å². The molecule has 3 aliphatic heterocycles. The van der Waals surface area contributed by atoms with Crippen molar-refractivity contribution >= 4 is 26.1 Å². The van der Waals surface area contributed by atoms with E-state index in [0.29, 0.717) is 0 Å². The van der Waals surface area contributed by atoms with Gasteiger partial charge in [-0.05, 0) is 58.0 Å². The molecule has 0 saturated carbocycles. The molecule has 0 spiro atoms. The summed E-state index contributed by atoms with van der Waals surface area (Å²) in [5, 5.41) is 16.7. The van der Waals surface area contributed by atoms with Gasteiger partial charge in [0.2, 0.25) is 5.79 Å². The lowest BCUT2D eigenvalue weighted by Crippen LogP contribution is -2.81. The Morgan fingerprint density at radius 2 is 1.12 bits per heavy atom. The maximum atomic E-state index is 15.2. The quantitative estimate of drug-likeness (QED) is 0.0194. The van der Waals surface area contributed by atoms with Crippen molar-refractivity contribution in [3.8, 4) is 0 Å². The minimum atomic E-state index is -3.32.